The molecule has 0 radical (unpaired) electrons. The molecule has 0 bridgehead atoms. The second-order valence-electron chi connectivity index (χ2n) is 3.00. The van der Waals surface area contributed by atoms with Gasteiger partial charge in [-0.2, -0.15) is 0 Å². The van der Waals surface area contributed by atoms with E-state index in [1.165, 1.54) is 0 Å². The lowest BCUT2D eigenvalue weighted by Gasteiger charge is -2.15. The fourth-order valence-corrected chi connectivity index (χ4v) is 1.34. The van der Waals surface area contributed by atoms with Crippen molar-refractivity contribution in [3.8, 4) is 11.8 Å². The molecule has 1 unspecified atom stereocenters. The van der Waals surface area contributed by atoms with Gasteiger partial charge in [0, 0.05) is 13.0 Å². The minimum atomic E-state index is -0.968. The summed E-state index contributed by atoms with van der Waals surface area (Å²) in [5.74, 6) is 5.65. The average molecular weight is 155 g/mol. The standard InChI is InChI=1S/C9H14FN/c1-2-3-4-5-9(10)6-7-11-8-9/h11H,4-8H2,1H3. The second-order valence-corrected chi connectivity index (χ2v) is 3.00. The lowest BCUT2D eigenvalue weighted by molar-refractivity contribution is 0.178. The quantitative estimate of drug-likeness (QED) is 0.596. The number of hydrogen-bond donors (Lipinski definition) is 1. The van der Waals surface area contributed by atoms with Crippen LogP contribution in [0.4, 0.5) is 4.39 Å². The molecular formula is C9H14FN. The van der Waals surface area contributed by atoms with Crippen LogP contribution in [0.5, 0.6) is 0 Å². The van der Waals surface area contributed by atoms with Gasteiger partial charge in [-0.25, -0.2) is 4.39 Å². The fourth-order valence-electron chi connectivity index (χ4n) is 1.34. The normalized spacial score (nSPS) is 29.6. The van der Waals surface area contributed by atoms with Gasteiger partial charge >= 0.3 is 0 Å². The first-order valence-corrected chi connectivity index (χ1v) is 4.06. The van der Waals surface area contributed by atoms with Gasteiger partial charge in [-0.3, -0.25) is 0 Å². The molecule has 11 heavy (non-hydrogen) atoms. The van der Waals surface area contributed by atoms with E-state index in [1.807, 2.05) is 0 Å². The number of alkyl halides is 1. The molecule has 0 aromatic rings. The van der Waals surface area contributed by atoms with Crippen molar-refractivity contribution in [1.82, 2.24) is 5.32 Å². The van der Waals surface area contributed by atoms with Gasteiger partial charge in [0.2, 0.25) is 0 Å². The van der Waals surface area contributed by atoms with Gasteiger partial charge in [0.25, 0.3) is 0 Å². The molecule has 1 aliphatic rings. The molecule has 0 saturated carbocycles. The molecule has 1 rings (SSSR count). The first-order valence-electron chi connectivity index (χ1n) is 4.06. The van der Waals surface area contributed by atoms with Crippen LogP contribution < -0.4 is 5.32 Å². The Balaban J connectivity index is 2.26. The van der Waals surface area contributed by atoms with Gasteiger partial charge in [-0.1, -0.05) is 0 Å². The molecule has 1 fully saturated rings. The highest BCUT2D eigenvalue weighted by atomic mass is 19.1. The van der Waals surface area contributed by atoms with Crippen molar-refractivity contribution in [3.05, 3.63) is 0 Å². The van der Waals surface area contributed by atoms with Crippen molar-refractivity contribution < 1.29 is 4.39 Å². The van der Waals surface area contributed by atoms with Crippen LogP contribution in [0.15, 0.2) is 0 Å². The Morgan fingerprint density at radius 3 is 3.00 bits per heavy atom. The van der Waals surface area contributed by atoms with Crippen LogP contribution in [0.1, 0.15) is 26.2 Å². The molecule has 1 saturated heterocycles. The van der Waals surface area contributed by atoms with Crippen molar-refractivity contribution in [3.63, 3.8) is 0 Å². The molecule has 1 nitrogen and oxygen atoms in total. The summed E-state index contributed by atoms with van der Waals surface area (Å²) in [7, 11) is 0. The lowest BCUT2D eigenvalue weighted by Crippen LogP contribution is -2.25. The van der Waals surface area contributed by atoms with Gasteiger partial charge in [0.05, 0.1) is 0 Å². The molecule has 1 heterocycles. The third-order valence-electron chi connectivity index (χ3n) is 2.07. The molecule has 0 aromatic carbocycles. The Morgan fingerprint density at radius 1 is 1.64 bits per heavy atom. The molecule has 1 atom stereocenters. The zero-order valence-electron chi connectivity index (χ0n) is 6.91. The van der Waals surface area contributed by atoms with E-state index >= 15 is 0 Å². The molecule has 1 N–H and O–H groups in total. The molecule has 0 amide bonds. The fraction of sp³-hybridized carbons (Fsp3) is 0.778. The van der Waals surface area contributed by atoms with Crippen molar-refractivity contribution in [2.24, 2.45) is 0 Å². The van der Waals surface area contributed by atoms with Crippen molar-refractivity contribution in [2.45, 2.75) is 31.9 Å². The van der Waals surface area contributed by atoms with E-state index in [0.29, 0.717) is 25.8 Å². The van der Waals surface area contributed by atoms with E-state index in [-0.39, 0.29) is 0 Å². The number of hydrogen-bond acceptors (Lipinski definition) is 1. The predicted octanol–water partition coefficient (Wildman–Crippen LogP) is 1.49. The molecule has 0 aliphatic carbocycles. The summed E-state index contributed by atoms with van der Waals surface area (Å²) in [6, 6.07) is 0. The van der Waals surface area contributed by atoms with Crippen LogP contribution in [0.3, 0.4) is 0 Å². The minimum Gasteiger partial charge on any atom is -0.313 e. The summed E-state index contributed by atoms with van der Waals surface area (Å²) < 4.78 is 13.5. The zero-order chi connectivity index (χ0) is 8.16. The van der Waals surface area contributed by atoms with Gasteiger partial charge in [0.15, 0.2) is 0 Å². The Kier molecular flexibility index (Phi) is 2.90. The highest BCUT2D eigenvalue weighted by Gasteiger charge is 2.32. The van der Waals surface area contributed by atoms with Crippen LogP contribution >= 0.6 is 0 Å². The van der Waals surface area contributed by atoms with Gasteiger partial charge < -0.3 is 5.32 Å². The molecule has 1 aliphatic heterocycles. The summed E-state index contributed by atoms with van der Waals surface area (Å²) in [6.45, 7) is 3.12. The Morgan fingerprint density at radius 2 is 2.45 bits per heavy atom. The van der Waals surface area contributed by atoms with E-state index in [4.69, 9.17) is 0 Å². The van der Waals surface area contributed by atoms with E-state index in [0.717, 1.165) is 6.54 Å². The van der Waals surface area contributed by atoms with E-state index < -0.39 is 5.67 Å². The van der Waals surface area contributed by atoms with Crippen LogP contribution in [0.2, 0.25) is 0 Å². The third kappa shape index (κ3) is 2.51. The lowest BCUT2D eigenvalue weighted by atomic mass is 9.99. The largest absolute Gasteiger partial charge is 0.313 e. The van der Waals surface area contributed by atoms with E-state index in [1.54, 1.807) is 6.92 Å². The highest BCUT2D eigenvalue weighted by Crippen LogP contribution is 2.24. The highest BCUT2D eigenvalue weighted by molar-refractivity contribution is 4.98. The SMILES string of the molecule is CC#CCCC1(F)CCNC1. The molecule has 0 aromatic heterocycles. The van der Waals surface area contributed by atoms with Crippen molar-refractivity contribution in [1.29, 1.82) is 0 Å². The van der Waals surface area contributed by atoms with Crippen LogP contribution in [-0.4, -0.2) is 18.8 Å². The maximum Gasteiger partial charge on any atom is 0.125 e. The maximum atomic E-state index is 13.5. The molecule has 2 heteroatoms. The maximum absolute atomic E-state index is 13.5. The van der Waals surface area contributed by atoms with Crippen molar-refractivity contribution >= 4 is 0 Å². The molecular weight excluding hydrogens is 141 g/mol. The zero-order valence-corrected chi connectivity index (χ0v) is 6.91. The monoisotopic (exact) mass is 155 g/mol. The smallest absolute Gasteiger partial charge is 0.125 e. The third-order valence-corrected chi connectivity index (χ3v) is 2.07. The molecule has 0 spiro atoms. The summed E-state index contributed by atoms with van der Waals surface area (Å²) in [4.78, 5) is 0. The Labute approximate surface area is 67.4 Å². The molecule has 62 valence electrons. The Bertz CT molecular complexity index is 172. The summed E-state index contributed by atoms with van der Waals surface area (Å²) in [6.07, 6.45) is 1.92. The number of rotatable bonds is 2. The first-order chi connectivity index (χ1) is 5.27. The predicted molar refractivity (Wildman–Crippen MR) is 44.0 cm³/mol. The Hall–Kier alpha value is -0.550. The van der Waals surface area contributed by atoms with Gasteiger partial charge in [-0.05, 0) is 26.3 Å². The van der Waals surface area contributed by atoms with Crippen LogP contribution in [0.25, 0.3) is 0 Å². The van der Waals surface area contributed by atoms with Gasteiger partial charge in [0.1, 0.15) is 5.67 Å². The summed E-state index contributed by atoms with van der Waals surface area (Å²) >= 11 is 0. The topological polar surface area (TPSA) is 12.0 Å². The van der Waals surface area contributed by atoms with E-state index in [9.17, 15) is 4.39 Å². The van der Waals surface area contributed by atoms with Crippen molar-refractivity contribution in [2.75, 3.05) is 13.1 Å². The van der Waals surface area contributed by atoms with Gasteiger partial charge in [-0.15, -0.1) is 11.8 Å². The summed E-state index contributed by atoms with van der Waals surface area (Å²) in [5.41, 5.74) is -0.968. The second kappa shape index (κ2) is 3.73. The van der Waals surface area contributed by atoms with E-state index in [2.05, 4.69) is 17.2 Å². The van der Waals surface area contributed by atoms with Crippen LogP contribution in [-0.2, 0) is 0 Å². The summed E-state index contributed by atoms with van der Waals surface area (Å²) in [5, 5.41) is 3.02. The number of halogens is 1. The number of nitrogens with one attached hydrogen (secondary N) is 1. The minimum absolute atomic E-state index is 0.512. The first kappa shape index (κ1) is 8.55. The van der Waals surface area contributed by atoms with Crippen LogP contribution in [0, 0.1) is 11.8 Å². The average Bonchev–Trinajstić information content (AvgIpc) is 2.38.